The van der Waals surface area contributed by atoms with Gasteiger partial charge in [0.1, 0.15) is 12.6 Å². The zero-order valence-corrected chi connectivity index (χ0v) is 27.9. The highest BCUT2D eigenvalue weighted by atomic mass is 16.6. The maximum atomic E-state index is 12.5. The fourth-order valence-corrected chi connectivity index (χ4v) is 4.38. The fraction of sp³-hybridized carbons (Fsp3) is 0.743. The maximum absolute atomic E-state index is 12.5. The van der Waals surface area contributed by atoms with E-state index in [4.69, 9.17) is 14.2 Å². The number of likely N-dealkylation sites (N-methyl/N-ethyl adjacent to an activating group) is 1. The molecule has 2 atom stereocenters. The molecule has 0 N–H and O–H groups in total. The second-order valence-corrected chi connectivity index (χ2v) is 12.0. The number of carbonyl (C=O) groups excluding carboxylic acids is 3. The van der Waals surface area contributed by atoms with E-state index < -0.39 is 18.1 Å². The zero-order valence-electron chi connectivity index (χ0n) is 27.9. The Kier molecular flexibility index (Phi) is 25.6. The number of esters is 2. The summed E-state index contributed by atoms with van der Waals surface area (Å²) >= 11 is 0. The van der Waals surface area contributed by atoms with Crippen molar-refractivity contribution in [2.75, 3.05) is 41.0 Å². The average Bonchev–Trinajstić information content (AvgIpc) is 2.94. The van der Waals surface area contributed by atoms with Crippen molar-refractivity contribution in [1.82, 2.24) is 0 Å². The van der Waals surface area contributed by atoms with Crippen LogP contribution in [0.3, 0.4) is 0 Å². The lowest BCUT2D eigenvalue weighted by atomic mass is 10.1. The first-order valence-corrected chi connectivity index (χ1v) is 16.5. The molecule has 0 fully saturated rings. The quantitative estimate of drug-likeness (QED) is 0.0450. The van der Waals surface area contributed by atoms with Crippen LogP contribution in [-0.4, -0.2) is 75.5 Å². The Hall–Kier alpha value is -2.45. The topological polar surface area (TPSA) is 102 Å². The van der Waals surface area contributed by atoms with Gasteiger partial charge >= 0.3 is 11.9 Å². The molecule has 0 aromatic carbocycles. The number of quaternary nitrogens is 1. The molecule has 0 bridgehead atoms. The summed E-state index contributed by atoms with van der Waals surface area (Å²) in [5, 5.41) is 11.5. The van der Waals surface area contributed by atoms with E-state index in [1.807, 2.05) is 0 Å². The van der Waals surface area contributed by atoms with Gasteiger partial charge in [0.15, 0.2) is 6.10 Å². The molecule has 0 aliphatic carbocycles. The number of carboxylic acids is 1. The number of ether oxygens (including phenoxy) is 3. The normalized spacial score (nSPS) is 13.6. The van der Waals surface area contributed by atoms with Gasteiger partial charge in [-0.15, -0.1) is 0 Å². The summed E-state index contributed by atoms with van der Waals surface area (Å²) in [7, 11) is 5.36. The molecule has 0 radical (unpaired) electrons. The Bertz CT molecular complexity index is 813. The second-order valence-electron chi connectivity index (χ2n) is 12.0. The lowest BCUT2D eigenvalue weighted by Gasteiger charge is -2.34. The molecule has 0 aliphatic rings. The Balaban J connectivity index is 4.57. The fourth-order valence-electron chi connectivity index (χ4n) is 4.38. The van der Waals surface area contributed by atoms with E-state index in [9.17, 15) is 19.5 Å². The number of aliphatic carboxylic acids is 1. The SMILES string of the molecule is CC/C=C/C/C=C/CCCCC(=O)OCC(COCCC(C(=O)[O-])[N+](C)(C)C)OC(=O)CCCCCC/C=C/CCCC. The highest BCUT2D eigenvalue weighted by molar-refractivity contribution is 5.70. The number of rotatable bonds is 28. The molecule has 0 amide bonds. The first kappa shape index (κ1) is 40.5. The molecule has 248 valence electrons. The summed E-state index contributed by atoms with van der Waals surface area (Å²) < 4.78 is 16.9. The third-order valence-electron chi connectivity index (χ3n) is 7.01. The summed E-state index contributed by atoms with van der Waals surface area (Å²) in [6.07, 6.45) is 26.2. The minimum absolute atomic E-state index is 0.0254. The van der Waals surface area contributed by atoms with Crippen LogP contribution in [0.25, 0.3) is 0 Å². The molecule has 0 saturated heterocycles. The Morgan fingerprint density at radius 2 is 1.30 bits per heavy atom. The van der Waals surface area contributed by atoms with Crippen molar-refractivity contribution in [2.24, 2.45) is 0 Å². The smallest absolute Gasteiger partial charge is 0.306 e. The van der Waals surface area contributed by atoms with Crippen LogP contribution in [0.1, 0.15) is 117 Å². The van der Waals surface area contributed by atoms with Gasteiger partial charge in [0.2, 0.25) is 0 Å². The third-order valence-corrected chi connectivity index (χ3v) is 7.01. The predicted molar refractivity (Wildman–Crippen MR) is 171 cm³/mol. The van der Waals surface area contributed by atoms with Crippen LogP contribution in [-0.2, 0) is 28.6 Å². The van der Waals surface area contributed by atoms with Crippen LogP contribution >= 0.6 is 0 Å². The van der Waals surface area contributed by atoms with Crippen LogP contribution < -0.4 is 5.11 Å². The average molecular weight is 608 g/mol. The first-order chi connectivity index (χ1) is 20.6. The van der Waals surface area contributed by atoms with Gasteiger partial charge in [0.25, 0.3) is 0 Å². The van der Waals surface area contributed by atoms with E-state index in [1.165, 1.54) is 12.8 Å². The molecule has 0 aromatic rings. The number of hydrogen-bond acceptors (Lipinski definition) is 7. The van der Waals surface area contributed by atoms with E-state index in [-0.39, 0.29) is 42.7 Å². The molecule has 0 aliphatic heterocycles. The number of nitrogens with zero attached hydrogens (tertiary/aromatic N) is 1. The highest BCUT2D eigenvalue weighted by Gasteiger charge is 2.25. The molecular weight excluding hydrogens is 546 g/mol. The van der Waals surface area contributed by atoms with Crippen molar-refractivity contribution in [1.29, 1.82) is 0 Å². The molecule has 0 rings (SSSR count). The molecule has 0 saturated carbocycles. The lowest BCUT2D eigenvalue weighted by Crippen LogP contribution is -2.55. The molecule has 43 heavy (non-hydrogen) atoms. The van der Waals surface area contributed by atoms with E-state index in [2.05, 4.69) is 50.3 Å². The molecule has 8 heteroatoms. The summed E-state index contributed by atoms with van der Waals surface area (Å²) in [6.45, 7) is 4.40. The summed E-state index contributed by atoms with van der Waals surface area (Å²) in [4.78, 5) is 36.3. The van der Waals surface area contributed by atoms with E-state index in [0.29, 0.717) is 12.8 Å². The van der Waals surface area contributed by atoms with Crippen molar-refractivity contribution in [2.45, 2.75) is 129 Å². The van der Waals surface area contributed by atoms with Crippen molar-refractivity contribution in [3.63, 3.8) is 0 Å². The first-order valence-electron chi connectivity index (χ1n) is 16.5. The number of carbonyl (C=O) groups is 3. The van der Waals surface area contributed by atoms with Gasteiger partial charge in [0.05, 0.1) is 40.3 Å². The Morgan fingerprint density at radius 3 is 1.95 bits per heavy atom. The van der Waals surface area contributed by atoms with Crippen LogP contribution in [0.2, 0.25) is 0 Å². The van der Waals surface area contributed by atoms with E-state index in [1.54, 1.807) is 21.1 Å². The van der Waals surface area contributed by atoms with Crippen molar-refractivity contribution in [3.8, 4) is 0 Å². The minimum Gasteiger partial charge on any atom is -0.544 e. The van der Waals surface area contributed by atoms with Gasteiger partial charge in [-0.3, -0.25) is 9.59 Å². The standard InChI is InChI=1S/C35H61NO7/c1-6-8-10-12-14-16-18-20-22-24-26-34(38)43-31(29-41-28-27-32(35(39)40)36(3,4)5)30-42-33(37)25-23-21-19-17-15-13-11-9-7-2/h9,11-12,14-15,17,31-32H,6-8,10,13,16,18-30H2,1-5H3/b11-9+,14-12+,17-15+. The van der Waals surface area contributed by atoms with Crippen LogP contribution in [0.15, 0.2) is 36.5 Å². The number of hydrogen-bond donors (Lipinski definition) is 0. The summed E-state index contributed by atoms with van der Waals surface area (Å²) in [5.41, 5.74) is 0. The molecular formula is C35H61NO7. The van der Waals surface area contributed by atoms with Crippen molar-refractivity contribution in [3.05, 3.63) is 36.5 Å². The molecule has 0 spiro atoms. The number of allylic oxidation sites excluding steroid dienone is 6. The van der Waals surface area contributed by atoms with Gasteiger partial charge in [-0.2, -0.15) is 0 Å². The van der Waals surface area contributed by atoms with Crippen molar-refractivity contribution < 1.29 is 38.2 Å². The Morgan fingerprint density at radius 1 is 0.721 bits per heavy atom. The number of unbranched alkanes of at least 4 members (excludes halogenated alkanes) is 8. The van der Waals surface area contributed by atoms with Gasteiger partial charge in [-0.05, 0) is 57.8 Å². The monoisotopic (exact) mass is 607 g/mol. The van der Waals surface area contributed by atoms with Crippen LogP contribution in [0, 0.1) is 0 Å². The lowest BCUT2D eigenvalue weighted by molar-refractivity contribution is -0.889. The molecule has 2 unspecified atom stereocenters. The number of carboxylic acid groups (broad SMARTS) is 1. The maximum Gasteiger partial charge on any atom is 0.306 e. The second kappa shape index (κ2) is 27.1. The third kappa shape index (κ3) is 25.7. The molecule has 0 heterocycles. The summed E-state index contributed by atoms with van der Waals surface area (Å²) in [5.74, 6) is -1.81. The minimum atomic E-state index is -1.13. The Labute approximate surface area is 262 Å². The predicted octanol–water partition coefficient (Wildman–Crippen LogP) is 6.23. The van der Waals surface area contributed by atoms with Crippen LogP contribution in [0.5, 0.6) is 0 Å². The highest BCUT2D eigenvalue weighted by Crippen LogP contribution is 2.11. The van der Waals surface area contributed by atoms with Crippen LogP contribution in [0.4, 0.5) is 0 Å². The van der Waals surface area contributed by atoms with E-state index >= 15 is 0 Å². The van der Waals surface area contributed by atoms with Gasteiger partial charge in [0, 0.05) is 19.3 Å². The molecule has 0 aromatic heterocycles. The zero-order chi connectivity index (χ0) is 32.2. The van der Waals surface area contributed by atoms with Gasteiger partial charge in [-0.25, -0.2) is 0 Å². The van der Waals surface area contributed by atoms with Crippen molar-refractivity contribution >= 4 is 17.9 Å². The molecule has 8 nitrogen and oxygen atoms in total. The van der Waals surface area contributed by atoms with E-state index in [0.717, 1.165) is 70.6 Å². The summed E-state index contributed by atoms with van der Waals surface area (Å²) in [6, 6.07) is -0.728. The van der Waals surface area contributed by atoms with Gasteiger partial charge in [-0.1, -0.05) is 76.0 Å². The largest absolute Gasteiger partial charge is 0.544 e. The van der Waals surface area contributed by atoms with Gasteiger partial charge < -0.3 is 28.6 Å².